The molecule has 1 aliphatic rings. The molecule has 0 aliphatic heterocycles. The van der Waals surface area contributed by atoms with E-state index in [4.69, 9.17) is 5.26 Å². The van der Waals surface area contributed by atoms with Gasteiger partial charge in [0.05, 0.1) is 11.6 Å². The fourth-order valence-corrected chi connectivity index (χ4v) is 3.44. The molecule has 1 heteroatoms. The lowest BCUT2D eigenvalue weighted by Gasteiger charge is -2.21. The number of rotatable bonds is 4. The maximum Gasteiger partial charge on any atom is 0.0991 e. The van der Waals surface area contributed by atoms with Gasteiger partial charge in [-0.3, -0.25) is 0 Å². The Morgan fingerprint density at radius 2 is 1.57 bits per heavy atom. The maximum atomic E-state index is 8.88. The SMILES string of the molecule is CCCC1CC=C(c2ccc(-c3ccc(C#N)cc3)cc2)CC1. The van der Waals surface area contributed by atoms with Crippen molar-refractivity contribution in [2.45, 2.75) is 39.0 Å². The zero-order valence-electron chi connectivity index (χ0n) is 13.8. The molecule has 1 atom stereocenters. The summed E-state index contributed by atoms with van der Waals surface area (Å²) in [7, 11) is 0. The van der Waals surface area contributed by atoms with Crippen molar-refractivity contribution in [3.05, 3.63) is 65.7 Å². The molecular weight excluding hydrogens is 278 g/mol. The highest BCUT2D eigenvalue weighted by molar-refractivity contribution is 5.71. The third kappa shape index (κ3) is 3.71. The molecule has 0 bridgehead atoms. The van der Waals surface area contributed by atoms with Gasteiger partial charge in [-0.1, -0.05) is 62.2 Å². The number of allylic oxidation sites excluding steroid dienone is 2. The van der Waals surface area contributed by atoms with E-state index in [0.29, 0.717) is 5.56 Å². The van der Waals surface area contributed by atoms with Crippen LogP contribution in [0.15, 0.2) is 54.6 Å². The highest BCUT2D eigenvalue weighted by Gasteiger charge is 2.14. The Balaban J connectivity index is 1.73. The van der Waals surface area contributed by atoms with Crippen molar-refractivity contribution < 1.29 is 0 Å². The lowest BCUT2D eigenvalue weighted by atomic mass is 9.84. The molecule has 0 N–H and O–H groups in total. The van der Waals surface area contributed by atoms with Crippen molar-refractivity contribution in [1.82, 2.24) is 0 Å². The van der Waals surface area contributed by atoms with Gasteiger partial charge in [0.2, 0.25) is 0 Å². The van der Waals surface area contributed by atoms with Gasteiger partial charge < -0.3 is 0 Å². The predicted octanol–water partition coefficient (Wildman–Crippen LogP) is 6.21. The second kappa shape index (κ2) is 7.29. The number of nitrogens with zero attached hydrogens (tertiary/aromatic N) is 1. The first-order valence-electron chi connectivity index (χ1n) is 8.60. The average molecular weight is 301 g/mol. The zero-order valence-corrected chi connectivity index (χ0v) is 13.8. The second-order valence-electron chi connectivity index (χ2n) is 6.42. The summed E-state index contributed by atoms with van der Waals surface area (Å²) in [6.07, 6.45) is 8.88. The van der Waals surface area contributed by atoms with Crippen molar-refractivity contribution >= 4 is 5.57 Å². The minimum absolute atomic E-state index is 0.708. The Hall–Kier alpha value is -2.33. The molecule has 0 amide bonds. The normalized spacial score (nSPS) is 17.4. The molecule has 3 rings (SSSR count). The lowest BCUT2D eigenvalue weighted by Crippen LogP contribution is -2.04. The summed E-state index contributed by atoms with van der Waals surface area (Å²) in [5.41, 5.74) is 5.94. The van der Waals surface area contributed by atoms with Crippen molar-refractivity contribution in [3.8, 4) is 17.2 Å². The van der Waals surface area contributed by atoms with Crippen molar-refractivity contribution in [1.29, 1.82) is 5.26 Å². The van der Waals surface area contributed by atoms with Crippen LogP contribution in [0.2, 0.25) is 0 Å². The van der Waals surface area contributed by atoms with Crippen molar-refractivity contribution in [2.24, 2.45) is 5.92 Å². The number of hydrogen-bond acceptors (Lipinski definition) is 1. The number of hydrogen-bond donors (Lipinski definition) is 0. The lowest BCUT2D eigenvalue weighted by molar-refractivity contribution is 0.445. The van der Waals surface area contributed by atoms with Crippen LogP contribution in [-0.4, -0.2) is 0 Å². The van der Waals surface area contributed by atoms with E-state index >= 15 is 0 Å². The van der Waals surface area contributed by atoms with Crippen LogP contribution in [0.5, 0.6) is 0 Å². The van der Waals surface area contributed by atoms with E-state index in [-0.39, 0.29) is 0 Å². The molecule has 2 aromatic carbocycles. The highest BCUT2D eigenvalue weighted by Crippen LogP contribution is 2.33. The van der Waals surface area contributed by atoms with Crippen LogP contribution in [0.25, 0.3) is 16.7 Å². The molecule has 0 aromatic heterocycles. The van der Waals surface area contributed by atoms with E-state index in [1.807, 2.05) is 24.3 Å². The van der Waals surface area contributed by atoms with Gasteiger partial charge in [0, 0.05) is 0 Å². The fraction of sp³-hybridized carbons (Fsp3) is 0.318. The number of benzene rings is 2. The molecule has 0 saturated heterocycles. The van der Waals surface area contributed by atoms with E-state index in [2.05, 4.69) is 43.3 Å². The average Bonchev–Trinajstić information content (AvgIpc) is 2.63. The topological polar surface area (TPSA) is 23.8 Å². The van der Waals surface area contributed by atoms with Crippen LogP contribution < -0.4 is 0 Å². The van der Waals surface area contributed by atoms with E-state index in [1.165, 1.54) is 48.8 Å². The third-order valence-electron chi connectivity index (χ3n) is 4.82. The Labute approximate surface area is 139 Å². The molecule has 0 spiro atoms. The smallest absolute Gasteiger partial charge is 0.0991 e. The maximum absolute atomic E-state index is 8.88. The fourth-order valence-electron chi connectivity index (χ4n) is 3.44. The molecule has 23 heavy (non-hydrogen) atoms. The summed E-state index contributed by atoms with van der Waals surface area (Å²) < 4.78 is 0. The Morgan fingerprint density at radius 3 is 2.09 bits per heavy atom. The summed E-state index contributed by atoms with van der Waals surface area (Å²) in [5, 5.41) is 8.88. The van der Waals surface area contributed by atoms with E-state index in [0.717, 1.165) is 11.5 Å². The molecular formula is C22H23N. The molecule has 1 nitrogen and oxygen atoms in total. The summed E-state index contributed by atoms with van der Waals surface area (Å²) in [5.74, 6) is 0.890. The van der Waals surface area contributed by atoms with Gasteiger partial charge in [0.15, 0.2) is 0 Å². The van der Waals surface area contributed by atoms with Gasteiger partial charge in [-0.05, 0) is 59.6 Å². The van der Waals surface area contributed by atoms with Crippen LogP contribution in [0.4, 0.5) is 0 Å². The molecule has 1 unspecified atom stereocenters. The molecule has 0 radical (unpaired) electrons. The minimum atomic E-state index is 0.708. The van der Waals surface area contributed by atoms with Crippen LogP contribution in [-0.2, 0) is 0 Å². The largest absolute Gasteiger partial charge is 0.192 e. The molecule has 1 aliphatic carbocycles. The van der Waals surface area contributed by atoms with Gasteiger partial charge in [-0.25, -0.2) is 0 Å². The summed E-state index contributed by atoms with van der Waals surface area (Å²) in [6.45, 7) is 2.28. The highest BCUT2D eigenvalue weighted by atomic mass is 14.2. The summed E-state index contributed by atoms with van der Waals surface area (Å²) in [6, 6.07) is 18.8. The minimum Gasteiger partial charge on any atom is -0.192 e. The van der Waals surface area contributed by atoms with Crippen LogP contribution in [0.1, 0.15) is 50.2 Å². The quantitative estimate of drug-likeness (QED) is 0.658. The Kier molecular flexibility index (Phi) is 4.93. The first-order chi connectivity index (χ1) is 11.3. The Morgan fingerprint density at radius 1 is 0.957 bits per heavy atom. The van der Waals surface area contributed by atoms with Crippen LogP contribution in [0, 0.1) is 17.2 Å². The van der Waals surface area contributed by atoms with E-state index < -0.39 is 0 Å². The summed E-state index contributed by atoms with van der Waals surface area (Å²) >= 11 is 0. The number of nitriles is 1. The first-order valence-corrected chi connectivity index (χ1v) is 8.60. The van der Waals surface area contributed by atoms with Crippen molar-refractivity contribution in [2.75, 3.05) is 0 Å². The predicted molar refractivity (Wildman–Crippen MR) is 96.8 cm³/mol. The van der Waals surface area contributed by atoms with Gasteiger partial charge in [-0.15, -0.1) is 0 Å². The second-order valence-corrected chi connectivity index (χ2v) is 6.42. The van der Waals surface area contributed by atoms with Gasteiger partial charge in [-0.2, -0.15) is 5.26 Å². The summed E-state index contributed by atoms with van der Waals surface area (Å²) in [4.78, 5) is 0. The van der Waals surface area contributed by atoms with E-state index in [9.17, 15) is 0 Å². The monoisotopic (exact) mass is 301 g/mol. The molecule has 0 fully saturated rings. The van der Waals surface area contributed by atoms with Gasteiger partial charge in [0.1, 0.15) is 0 Å². The van der Waals surface area contributed by atoms with Crippen molar-refractivity contribution in [3.63, 3.8) is 0 Å². The molecule has 116 valence electrons. The standard InChI is InChI=1S/C22H23N/c1-2-3-17-4-8-19(9-5-17)21-12-14-22(15-13-21)20-10-6-18(16-23)7-11-20/h6-8,10-15,17H,2-5,9H2,1H3. The molecule has 0 heterocycles. The Bertz CT molecular complexity index is 714. The molecule has 0 saturated carbocycles. The molecule has 2 aromatic rings. The van der Waals surface area contributed by atoms with Crippen LogP contribution >= 0.6 is 0 Å². The van der Waals surface area contributed by atoms with E-state index in [1.54, 1.807) is 0 Å². The first kappa shape index (κ1) is 15.6. The zero-order chi connectivity index (χ0) is 16.1. The van der Waals surface area contributed by atoms with Gasteiger partial charge >= 0.3 is 0 Å². The van der Waals surface area contributed by atoms with Gasteiger partial charge in [0.25, 0.3) is 0 Å². The third-order valence-corrected chi connectivity index (χ3v) is 4.82. The van der Waals surface area contributed by atoms with Crippen LogP contribution in [0.3, 0.4) is 0 Å².